The third kappa shape index (κ3) is 8.21. The summed E-state index contributed by atoms with van der Waals surface area (Å²) in [5.41, 5.74) is 2.11. The second-order valence-corrected chi connectivity index (χ2v) is 6.18. The summed E-state index contributed by atoms with van der Waals surface area (Å²) in [6.45, 7) is 5.24. The van der Waals surface area contributed by atoms with E-state index < -0.39 is 0 Å². The molecule has 0 aliphatic carbocycles. The molecule has 2 heteroatoms. The van der Waals surface area contributed by atoms with Crippen molar-refractivity contribution in [3.8, 4) is 0 Å². The molecule has 0 radical (unpaired) electrons. The third-order valence-corrected chi connectivity index (χ3v) is 4.10. The van der Waals surface area contributed by atoms with Gasteiger partial charge in [0.25, 0.3) is 5.91 Å². The highest BCUT2D eigenvalue weighted by molar-refractivity contribution is 5.94. The molecule has 0 aromatic heterocycles. The van der Waals surface area contributed by atoms with Crippen LogP contribution in [0, 0.1) is 0 Å². The Morgan fingerprint density at radius 3 is 2.05 bits per heavy atom. The number of carbonyl (C=O) groups is 1. The zero-order valence-corrected chi connectivity index (χ0v) is 14.5. The van der Waals surface area contributed by atoms with Crippen molar-refractivity contribution in [2.45, 2.75) is 78.1 Å². The lowest BCUT2D eigenvalue weighted by atomic mass is 10.1. The molecule has 1 rings (SSSR count). The van der Waals surface area contributed by atoms with Crippen LogP contribution >= 0.6 is 0 Å². The van der Waals surface area contributed by atoms with Gasteiger partial charge in [-0.15, -0.1) is 0 Å². The molecule has 0 saturated carbocycles. The predicted octanol–water partition coefficient (Wildman–Crippen LogP) is 5.51. The standard InChI is InChI=1S/C20H33NO/c1-3-5-7-8-9-10-11-17-21-20(22)19-15-13-18(14-16-19)12-6-4-2/h13-16H,3-12,17H2,1-2H3,(H,21,22). The van der Waals surface area contributed by atoms with E-state index in [-0.39, 0.29) is 5.91 Å². The second kappa shape index (κ2) is 12.3. The zero-order chi connectivity index (χ0) is 16.0. The Morgan fingerprint density at radius 1 is 0.818 bits per heavy atom. The SMILES string of the molecule is CCCCCCCCCNC(=O)c1ccc(CCCC)cc1. The van der Waals surface area contributed by atoms with Crippen LogP contribution in [0.15, 0.2) is 24.3 Å². The summed E-state index contributed by atoms with van der Waals surface area (Å²) in [5, 5.41) is 3.02. The van der Waals surface area contributed by atoms with E-state index in [1.807, 2.05) is 12.1 Å². The molecule has 0 heterocycles. The van der Waals surface area contributed by atoms with Gasteiger partial charge in [-0.1, -0.05) is 70.9 Å². The maximum absolute atomic E-state index is 12.0. The highest BCUT2D eigenvalue weighted by Crippen LogP contribution is 2.09. The Kier molecular flexibility index (Phi) is 10.4. The normalized spacial score (nSPS) is 10.6. The van der Waals surface area contributed by atoms with Crippen molar-refractivity contribution in [3.05, 3.63) is 35.4 Å². The van der Waals surface area contributed by atoms with Crippen LogP contribution in [-0.2, 0) is 6.42 Å². The number of hydrogen-bond donors (Lipinski definition) is 1. The number of rotatable bonds is 12. The number of carbonyl (C=O) groups excluding carboxylic acids is 1. The van der Waals surface area contributed by atoms with Gasteiger partial charge in [0.1, 0.15) is 0 Å². The Balaban J connectivity index is 2.14. The van der Waals surface area contributed by atoms with E-state index in [0.29, 0.717) is 0 Å². The lowest BCUT2D eigenvalue weighted by Crippen LogP contribution is -2.24. The molecule has 22 heavy (non-hydrogen) atoms. The van der Waals surface area contributed by atoms with Crippen LogP contribution in [0.2, 0.25) is 0 Å². The predicted molar refractivity (Wildman–Crippen MR) is 95.4 cm³/mol. The van der Waals surface area contributed by atoms with Crippen molar-refractivity contribution in [2.75, 3.05) is 6.54 Å². The molecular formula is C20H33NO. The minimum atomic E-state index is 0.0630. The van der Waals surface area contributed by atoms with Crippen molar-refractivity contribution in [2.24, 2.45) is 0 Å². The fraction of sp³-hybridized carbons (Fsp3) is 0.650. The average molecular weight is 303 g/mol. The molecule has 0 fully saturated rings. The van der Waals surface area contributed by atoms with Gasteiger partial charge in [0.15, 0.2) is 0 Å². The summed E-state index contributed by atoms with van der Waals surface area (Å²) in [5.74, 6) is 0.0630. The quantitative estimate of drug-likeness (QED) is 0.507. The lowest BCUT2D eigenvalue weighted by molar-refractivity contribution is 0.0953. The fourth-order valence-electron chi connectivity index (χ4n) is 2.59. The minimum absolute atomic E-state index is 0.0630. The molecule has 1 aromatic rings. The van der Waals surface area contributed by atoms with Crippen LogP contribution in [-0.4, -0.2) is 12.5 Å². The van der Waals surface area contributed by atoms with Crippen LogP contribution in [0.1, 0.15) is 87.6 Å². The van der Waals surface area contributed by atoms with Crippen LogP contribution in [0.3, 0.4) is 0 Å². The number of unbranched alkanes of at least 4 members (excludes halogenated alkanes) is 7. The molecule has 0 aliphatic heterocycles. The highest BCUT2D eigenvalue weighted by Gasteiger charge is 2.04. The van der Waals surface area contributed by atoms with Crippen LogP contribution < -0.4 is 5.32 Å². The Labute approximate surface area is 136 Å². The van der Waals surface area contributed by atoms with E-state index >= 15 is 0 Å². The first-order valence-electron chi connectivity index (χ1n) is 9.15. The summed E-state index contributed by atoms with van der Waals surface area (Å²) in [7, 11) is 0. The summed E-state index contributed by atoms with van der Waals surface area (Å²) in [6, 6.07) is 8.06. The Morgan fingerprint density at radius 2 is 1.41 bits per heavy atom. The molecule has 0 aliphatic rings. The van der Waals surface area contributed by atoms with Gasteiger partial charge in [-0.05, 0) is 37.0 Å². The summed E-state index contributed by atoms with van der Waals surface area (Å²) in [4.78, 5) is 12.0. The van der Waals surface area contributed by atoms with Gasteiger partial charge in [0.05, 0.1) is 0 Å². The molecule has 2 nitrogen and oxygen atoms in total. The molecule has 1 amide bonds. The molecule has 1 N–H and O–H groups in total. The molecule has 0 saturated heterocycles. The van der Waals surface area contributed by atoms with E-state index in [0.717, 1.165) is 24.9 Å². The molecular weight excluding hydrogens is 270 g/mol. The fourth-order valence-corrected chi connectivity index (χ4v) is 2.59. The van der Waals surface area contributed by atoms with Gasteiger partial charge in [0, 0.05) is 12.1 Å². The lowest BCUT2D eigenvalue weighted by Gasteiger charge is -2.06. The van der Waals surface area contributed by atoms with Crippen molar-refractivity contribution < 1.29 is 4.79 Å². The average Bonchev–Trinajstić information content (AvgIpc) is 2.55. The number of nitrogens with one attached hydrogen (secondary N) is 1. The van der Waals surface area contributed by atoms with Crippen molar-refractivity contribution in [3.63, 3.8) is 0 Å². The van der Waals surface area contributed by atoms with Gasteiger partial charge in [-0.2, -0.15) is 0 Å². The van der Waals surface area contributed by atoms with E-state index in [1.165, 1.54) is 56.9 Å². The van der Waals surface area contributed by atoms with E-state index in [9.17, 15) is 4.79 Å². The van der Waals surface area contributed by atoms with E-state index in [4.69, 9.17) is 0 Å². The third-order valence-electron chi connectivity index (χ3n) is 4.10. The van der Waals surface area contributed by atoms with Crippen LogP contribution in [0.4, 0.5) is 0 Å². The summed E-state index contributed by atoms with van der Waals surface area (Å²) >= 11 is 0. The smallest absolute Gasteiger partial charge is 0.251 e. The van der Waals surface area contributed by atoms with Gasteiger partial charge in [-0.3, -0.25) is 4.79 Å². The van der Waals surface area contributed by atoms with Gasteiger partial charge < -0.3 is 5.32 Å². The molecule has 0 bridgehead atoms. The van der Waals surface area contributed by atoms with Crippen LogP contribution in [0.25, 0.3) is 0 Å². The summed E-state index contributed by atoms with van der Waals surface area (Å²) in [6.07, 6.45) is 12.5. The molecule has 1 aromatic carbocycles. The highest BCUT2D eigenvalue weighted by atomic mass is 16.1. The van der Waals surface area contributed by atoms with Crippen molar-refractivity contribution in [1.82, 2.24) is 5.32 Å². The molecule has 0 spiro atoms. The first-order valence-corrected chi connectivity index (χ1v) is 9.15. The number of amides is 1. The molecule has 0 unspecified atom stereocenters. The Hall–Kier alpha value is -1.31. The Bertz CT molecular complexity index is 397. The van der Waals surface area contributed by atoms with E-state index in [1.54, 1.807) is 0 Å². The minimum Gasteiger partial charge on any atom is -0.352 e. The van der Waals surface area contributed by atoms with Crippen molar-refractivity contribution in [1.29, 1.82) is 0 Å². The maximum Gasteiger partial charge on any atom is 0.251 e. The van der Waals surface area contributed by atoms with Gasteiger partial charge in [-0.25, -0.2) is 0 Å². The largest absolute Gasteiger partial charge is 0.352 e. The van der Waals surface area contributed by atoms with Crippen molar-refractivity contribution >= 4 is 5.91 Å². The number of aryl methyl sites for hydroxylation is 1. The second-order valence-electron chi connectivity index (χ2n) is 6.18. The zero-order valence-electron chi connectivity index (χ0n) is 14.5. The molecule has 0 atom stereocenters. The van der Waals surface area contributed by atoms with Crippen LogP contribution in [0.5, 0.6) is 0 Å². The summed E-state index contributed by atoms with van der Waals surface area (Å²) < 4.78 is 0. The number of benzene rings is 1. The first-order chi connectivity index (χ1) is 10.8. The first kappa shape index (κ1) is 18.7. The molecule has 124 valence electrons. The maximum atomic E-state index is 12.0. The topological polar surface area (TPSA) is 29.1 Å². The van der Waals surface area contributed by atoms with Gasteiger partial charge >= 0.3 is 0 Å². The monoisotopic (exact) mass is 303 g/mol. The number of hydrogen-bond acceptors (Lipinski definition) is 1. The van der Waals surface area contributed by atoms with Gasteiger partial charge in [0.2, 0.25) is 0 Å². The van der Waals surface area contributed by atoms with E-state index in [2.05, 4.69) is 31.3 Å².